The van der Waals surface area contributed by atoms with Crippen molar-refractivity contribution in [1.29, 1.82) is 5.26 Å². The molecule has 0 spiro atoms. The fourth-order valence-corrected chi connectivity index (χ4v) is 1.40. The van der Waals surface area contributed by atoms with E-state index >= 15 is 0 Å². The first-order chi connectivity index (χ1) is 8.06. The molecule has 0 aliphatic carbocycles. The molecule has 0 heterocycles. The highest BCUT2D eigenvalue weighted by Gasteiger charge is 2.20. The van der Waals surface area contributed by atoms with Gasteiger partial charge in [-0.15, -0.1) is 0 Å². The highest BCUT2D eigenvalue weighted by molar-refractivity contribution is 5.34. The Labute approximate surface area is 101 Å². The van der Waals surface area contributed by atoms with Gasteiger partial charge in [0, 0.05) is 17.6 Å². The van der Waals surface area contributed by atoms with Crippen molar-refractivity contribution in [3.05, 3.63) is 35.1 Å². The minimum atomic E-state index is -0.487. The smallest absolute Gasteiger partial charge is 0.145 e. The van der Waals surface area contributed by atoms with Crippen LogP contribution in [0.4, 0.5) is 4.39 Å². The van der Waals surface area contributed by atoms with Crippen LogP contribution in [0.1, 0.15) is 31.4 Å². The summed E-state index contributed by atoms with van der Waals surface area (Å²) in [4.78, 5) is 0. The van der Waals surface area contributed by atoms with Crippen LogP contribution in [-0.4, -0.2) is 17.3 Å². The van der Waals surface area contributed by atoms with E-state index in [1.54, 1.807) is 12.1 Å². The summed E-state index contributed by atoms with van der Waals surface area (Å²) in [5, 5.41) is 21.0. The molecular formula is C13H17FN2O. The van der Waals surface area contributed by atoms with Crippen LogP contribution in [0.25, 0.3) is 0 Å². The number of nitrogens with one attached hydrogen (secondary N) is 1. The SMILES string of the molecule is CCC(C)(CO)NCc1cccc(C#N)c1F. The van der Waals surface area contributed by atoms with E-state index in [0.717, 1.165) is 6.42 Å². The quantitative estimate of drug-likeness (QED) is 0.821. The molecule has 1 aromatic carbocycles. The molecule has 1 rings (SSSR count). The second kappa shape index (κ2) is 5.76. The summed E-state index contributed by atoms with van der Waals surface area (Å²) in [6.07, 6.45) is 0.739. The molecule has 0 fully saturated rings. The third-order valence-corrected chi connectivity index (χ3v) is 3.03. The molecule has 0 aliphatic heterocycles. The van der Waals surface area contributed by atoms with Gasteiger partial charge in [-0.1, -0.05) is 19.1 Å². The van der Waals surface area contributed by atoms with Crippen molar-refractivity contribution in [2.24, 2.45) is 0 Å². The second-order valence-electron chi connectivity index (χ2n) is 4.32. The number of hydrogen-bond donors (Lipinski definition) is 2. The normalized spacial score (nSPS) is 14.1. The predicted molar refractivity (Wildman–Crippen MR) is 63.7 cm³/mol. The van der Waals surface area contributed by atoms with Crippen LogP contribution < -0.4 is 5.32 Å². The van der Waals surface area contributed by atoms with Gasteiger partial charge >= 0.3 is 0 Å². The van der Waals surface area contributed by atoms with E-state index in [4.69, 9.17) is 5.26 Å². The molecule has 3 nitrogen and oxygen atoms in total. The highest BCUT2D eigenvalue weighted by Crippen LogP contribution is 2.14. The zero-order valence-corrected chi connectivity index (χ0v) is 10.1. The molecule has 1 atom stereocenters. The molecule has 92 valence electrons. The van der Waals surface area contributed by atoms with Gasteiger partial charge in [0.25, 0.3) is 0 Å². The summed E-state index contributed by atoms with van der Waals surface area (Å²) in [6.45, 7) is 4.11. The molecular weight excluding hydrogens is 219 g/mol. The van der Waals surface area contributed by atoms with Crippen LogP contribution in [0.3, 0.4) is 0 Å². The van der Waals surface area contributed by atoms with Crippen molar-refractivity contribution in [1.82, 2.24) is 5.32 Å². The Bertz CT molecular complexity index is 422. The maximum absolute atomic E-state index is 13.7. The van der Waals surface area contributed by atoms with Gasteiger partial charge in [-0.3, -0.25) is 0 Å². The van der Waals surface area contributed by atoms with Crippen molar-refractivity contribution in [2.45, 2.75) is 32.4 Å². The number of hydrogen-bond acceptors (Lipinski definition) is 3. The zero-order chi connectivity index (χ0) is 12.9. The third-order valence-electron chi connectivity index (χ3n) is 3.03. The average Bonchev–Trinajstić information content (AvgIpc) is 2.37. The van der Waals surface area contributed by atoms with Crippen LogP contribution >= 0.6 is 0 Å². The fraction of sp³-hybridized carbons (Fsp3) is 0.462. The summed E-state index contributed by atoms with van der Waals surface area (Å²) in [5.41, 5.74) is 0.0680. The monoisotopic (exact) mass is 236 g/mol. The minimum absolute atomic E-state index is 0.0109. The van der Waals surface area contributed by atoms with Crippen LogP contribution in [0.5, 0.6) is 0 Å². The zero-order valence-electron chi connectivity index (χ0n) is 10.1. The Morgan fingerprint density at radius 2 is 2.24 bits per heavy atom. The Hall–Kier alpha value is -1.44. The molecule has 0 aliphatic rings. The van der Waals surface area contributed by atoms with E-state index in [0.29, 0.717) is 12.1 Å². The van der Waals surface area contributed by atoms with Crippen molar-refractivity contribution >= 4 is 0 Å². The first-order valence-electron chi connectivity index (χ1n) is 5.59. The van der Waals surface area contributed by atoms with E-state index < -0.39 is 11.4 Å². The largest absolute Gasteiger partial charge is 0.394 e. The molecule has 17 heavy (non-hydrogen) atoms. The van der Waals surface area contributed by atoms with Crippen LogP contribution in [-0.2, 0) is 6.54 Å². The van der Waals surface area contributed by atoms with E-state index in [9.17, 15) is 9.50 Å². The average molecular weight is 236 g/mol. The Balaban J connectivity index is 2.80. The molecule has 1 aromatic rings. The molecule has 4 heteroatoms. The highest BCUT2D eigenvalue weighted by atomic mass is 19.1. The number of nitrogens with zero attached hydrogens (tertiary/aromatic N) is 1. The van der Waals surface area contributed by atoms with E-state index in [2.05, 4.69) is 5.32 Å². The Kier molecular flexibility index (Phi) is 4.62. The van der Waals surface area contributed by atoms with Gasteiger partial charge in [-0.05, 0) is 19.4 Å². The topological polar surface area (TPSA) is 56.0 Å². The third kappa shape index (κ3) is 3.26. The number of rotatable bonds is 5. The van der Waals surface area contributed by atoms with Crippen molar-refractivity contribution in [3.8, 4) is 6.07 Å². The molecule has 0 bridgehead atoms. The standard InChI is InChI=1S/C13H17FN2O/c1-3-13(2,9-17)16-8-11-6-4-5-10(7-15)12(11)14/h4-6,16-17H,3,8-9H2,1-2H3. The first-order valence-corrected chi connectivity index (χ1v) is 5.59. The van der Waals surface area contributed by atoms with E-state index in [-0.39, 0.29) is 12.2 Å². The molecule has 0 amide bonds. The van der Waals surface area contributed by atoms with Gasteiger partial charge < -0.3 is 10.4 Å². The summed E-state index contributed by atoms with van der Waals surface area (Å²) < 4.78 is 13.7. The summed E-state index contributed by atoms with van der Waals surface area (Å²) in [6, 6.07) is 6.55. The lowest BCUT2D eigenvalue weighted by molar-refractivity contribution is 0.168. The second-order valence-corrected chi connectivity index (χ2v) is 4.32. The van der Waals surface area contributed by atoms with Crippen LogP contribution in [0.15, 0.2) is 18.2 Å². The van der Waals surface area contributed by atoms with Crippen molar-refractivity contribution < 1.29 is 9.50 Å². The predicted octanol–water partition coefficient (Wildman–Crippen LogP) is 1.95. The van der Waals surface area contributed by atoms with E-state index in [1.165, 1.54) is 6.07 Å². The number of aliphatic hydroxyl groups is 1. The Morgan fingerprint density at radius 1 is 1.53 bits per heavy atom. The molecule has 0 aromatic heterocycles. The molecule has 0 radical (unpaired) electrons. The molecule has 1 unspecified atom stereocenters. The van der Waals surface area contributed by atoms with Gasteiger partial charge in [0.2, 0.25) is 0 Å². The summed E-state index contributed by atoms with van der Waals surface area (Å²) in [7, 11) is 0. The summed E-state index contributed by atoms with van der Waals surface area (Å²) in [5.74, 6) is -0.487. The molecule has 0 saturated carbocycles. The number of benzene rings is 1. The van der Waals surface area contributed by atoms with Crippen molar-refractivity contribution in [2.75, 3.05) is 6.61 Å². The Morgan fingerprint density at radius 3 is 2.76 bits per heavy atom. The van der Waals surface area contributed by atoms with Crippen LogP contribution in [0, 0.1) is 17.1 Å². The number of halogens is 1. The van der Waals surface area contributed by atoms with Gasteiger partial charge in [-0.25, -0.2) is 4.39 Å². The van der Waals surface area contributed by atoms with Crippen LogP contribution in [0.2, 0.25) is 0 Å². The lowest BCUT2D eigenvalue weighted by Crippen LogP contribution is -2.44. The van der Waals surface area contributed by atoms with E-state index in [1.807, 2.05) is 19.9 Å². The fourth-order valence-electron chi connectivity index (χ4n) is 1.40. The molecule has 2 N–H and O–H groups in total. The number of nitriles is 1. The lowest BCUT2D eigenvalue weighted by atomic mass is 9.99. The summed E-state index contributed by atoms with van der Waals surface area (Å²) >= 11 is 0. The van der Waals surface area contributed by atoms with Crippen molar-refractivity contribution in [3.63, 3.8) is 0 Å². The maximum atomic E-state index is 13.7. The van der Waals surface area contributed by atoms with Gasteiger partial charge in [-0.2, -0.15) is 5.26 Å². The number of aliphatic hydroxyl groups excluding tert-OH is 1. The van der Waals surface area contributed by atoms with Gasteiger partial charge in [0.15, 0.2) is 0 Å². The minimum Gasteiger partial charge on any atom is -0.394 e. The lowest BCUT2D eigenvalue weighted by Gasteiger charge is -2.27. The van der Waals surface area contributed by atoms with Gasteiger partial charge in [0.1, 0.15) is 11.9 Å². The first kappa shape index (κ1) is 13.6. The maximum Gasteiger partial charge on any atom is 0.145 e. The van der Waals surface area contributed by atoms with Gasteiger partial charge in [0.05, 0.1) is 12.2 Å². The molecule has 0 saturated heterocycles.